The minimum absolute atomic E-state index is 0.124. The molecule has 1 saturated heterocycles. The third kappa shape index (κ3) is 4.67. The van der Waals surface area contributed by atoms with Gasteiger partial charge in [-0.2, -0.15) is 31.4 Å². The van der Waals surface area contributed by atoms with Crippen LogP contribution in [0.5, 0.6) is 0 Å². The molecule has 1 aliphatic heterocycles. The number of alkyl halides is 6. The van der Waals surface area contributed by atoms with E-state index >= 15 is 0 Å². The number of aromatic nitrogens is 2. The molecular weight excluding hydrogens is 386 g/mol. The molecule has 10 heteroatoms. The molecule has 0 unspecified atom stereocenters. The lowest BCUT2D eigenvalue weighted by Gasteiger charge is -2.40. The van der Waals surface area contributed by atoms with Crippen molar-refractivity contribution < 1.29 is 26.3 Å². The van der Waals surface area contributed by atoms with Crippen molar-refractivity contribution >= 4 is 0 Å². The van der Waals surface area contributed by atoms with Crippen LogP contribution in [0.4, 0.5) is 26.3 Å². The van der Waals surface area contributed by atoms with E-state index in [9.17, 15) is 26.3 Å². The topological polar surface area (TPSA) is 24.3 Å². The summed E-state index contributed by atoms with van der Waals surface area (Å²) in [6.07, 6.45) is -8.84. The molecule has 1 aromatic heterocycles. The van der Waals surface area contributed by atoms with Gasteiger partial charge in [0.15, 0.2) is 0 Å². The maximum atomic E-state index is 12.9. The van der Waals surface area contributed by atoms with Crippen molar-refractivity contribution in [3.63, 3.8) is 0 Å². The fourth-order valence-corrected chi connectivity index (χ4v) is 3.38. The minimum Gasteiger partial charge on any atom is -0.296 e. The van der Waals surface area contributed by atoms with Gasteiger partial charge in [0.1, 0.15) is 0 Å². The molecule has 0 atom stereocenters. The maximum absolute atomic E-state index is 12.9. The van der Waals surface area contributed by atoms with Gasteiger partial charge in [0, 0.05) is 44.5 Å². The van der Waals surface area contributed by atoms with Crippen LogP contribution in [0.25, 0.3) is 5.69 Å². The second-order valence-corrected chi connectivity index (χ2v) is 6.82. The monoisotopic (exact) mass is 406 g/mol. The molecule has 4 nitrogen and oxygen atoms in total. The second-order valence-electron chi connectivity index (χ2n) is 6.82. The first kappa shape index (κ1) is 20.7. The van der Waals surface area contributed by atoms with Gasteiger partial charge >= 0.3 is 12.4 Å². The van der Waals surface area contributed by atoms with E-state index in [-0.39, 0.29) is 26.2 Å². The SMILES string of the molecule is Cc1nn(-c2ccccc2)cc1CN1CCN(C(C(F)(F)F)C(F)(F)F)CC1. The van der Waals surface area contributed by atoms with Gasteiger partial charge in [-0.3, -0.25) is 9.80 Å². The largest absolute Gasteiger partial charge is 0.412 e. The summed E-state index contributed by atoms with van der Waals surface area (Å²) in [6, 6.07) is 6.01. The average molecular weight is 406 g/mol. The summed E-state index contributed by atoms with van der Waals surface area (Å²) in [5, 5.41) is 4.44. The summed E-state index contributed by atoms with van der Waals surface area (Å²) in [6.45, 7) is 1.91. The van der Waals surface area contributed by atoms with Crippen LogP contribution >= 0.6 is 0 Å². The zero-order valence-corrected chi connectivity index (χ0v) is 15.1. The lowest BCUT2D eigenvalue weighted by molar-refractivity contribution is -0.289. The Morgan fingerprint density at radius 1 is 0.929 bits per heavy atom. The van der Waals surface area contributed by atoms with E-state index in [1.54, 1.807) is 4.68 Å². The van der Waals surface area contributed by atoms with Crippen molar-refractivity contribution in [2.75, 3.05) is 26.2 Å². The molecule has 1 fully saturated rings. The third-order valence-electron chi connectivity index (χ3n) is 4.81. The van der Waals surface area contributed by atoms with E-state index in [2.05, 4.69) is 5.10 Å². The second kappa shape index (κ2) is 7.75. The van der Waals surface area contributed by atoms with Crippen molar-refractivity contribution in [2.45, 2.75) is 31.9 Å². The van der Waals surface area contributed by atoms with Gasteiger partial charge in [-0.25, -0.2) is 4.68 Å². The van der Waals surface area contributed by atoms with Gasteiger partial charge in [0.05, 0.1) is 11.4 Å². The fourth-order valence-electron chi connectivity index (χ4n) is 3.38. The maximum Gasteiger partial charge on any atom is 0.412 e. The molecule has 0 bridgehead atoms. The Hall–Kier alpha value is -2.07. The van der Waals surface area contributed by atoms with Crippen LogP contribution in [0, 0.1) is 6.92 Å². The average Bonchev–Trinajstić information content (AvgIpc) is 2.96. The Bertz CT molecular complexity index is 762. The zero-order valence-electron chi connectivity index (χ0n) is 15.1. The number of benzene rings is 1. The van der Waals surface area contributed by atoms with Crippen LogP contribution in [-0.4, -0.2) is 64.2 Å². The van der Waals surface area contributed by atoms with Gasteiger partial charge in [-0.1, -0.05) is 18.2 Å². The number of piperazine rings is 1. The summed E-state index contributed by atoms with van der Waals surface area (Å²) in [5.41, 5.74) is 2.54. The molecule has 154 valence electrons. The Morgan fingerprint density at radius 3 is 2.04 bits per heavy atom. The van der Waals surface area contributed by atoms with Crippen LogP contribution in [0.15, 0.2) is 36.5 Å². The highest BCUT2D eigenvalue weighted by atomic mass is 19.4. The summed E-state index contributed by atoms with van der Waals surface area (Å²) in [5.74, 6) is 0. The smallest absolute Gasteiger partial charge is 0.296 e. The quantitative estimate of drug-likeness (QED) is 0.723. The Morgan fingerprint density at radius 2 is 1.50 bits per heavy atom. The molecule has 2 heterocycles. The first-order valence-electron chi connectivity index (χ1n) is 8.76. The molecule has 2 aromatic rings. The van der Waals surface area contributed by atoms with Crippen LogP contribution in [0.3, 0.4) is 0 Å². The summed E-state index contributed by atoms with van der Waals surface area (Å²) in [4.78, 5) is 2.32. The molecular formula is C18H20F6N4. The highest BCUT2D eigenvalue weighted by Gasteiger charge is 2.59. The molecule has 0 radical (unpaired) electrons. The third-order valence-corrected chi connectivity index (χ3v) is 4.81. The highest BCUT2D eigenvalue weighted by Crippen LogP contribution is 2.37. The highest BCUT2D eigenvalue weighted by molar-refractivity contribution is 5.32. The number of halogens is 6. The number of hydrogen-bond acceptors (Lipinski definition) is 3. The van der Waals surface area contributed by atoms with Gasteiger partial charge in [-0.05, 0) is 19.1 Å². The first-order chi connectivity index (χ1) is 13.1. The number of aryl methyl sites for hydroxylation is 1. The van der Waals surface area contributed by atoms with Crippen LogP contribution in [-0.2, 0) is 6.54 Å². The lowest BCUT2D eigenvalue weighted by atomic mass is 10.1. The van der Waals surface area contributed by atoms with Gasteiger partial charge < -0.3 is 0 Å². The van der Waals surface area contributed by atoms with Gasteiger partial charge in [-0.15, -0.1) is 0 Å². The van der Waals surface area contributed by atoms with E-state index < -0.39 is 18.4 Å². The van der Waals surface area contributed by atoms with Gasteiger partial charge in [0.25, 0.3) is 0 Å². The van der Waals surface area contributed by atoms with E-state index in [1.807, 2.05) is 48.4 Å². The van der Waals surface area contributed by atoms with E-state index in [4.69, 9.17) is 0 Å². The predicted octanol–water partition coefficient (Wildman–Crippen LogP) is 3.79. The van der Waals surface area contributed by atoms with E-state index in [0.29, 0.717) is 11.4 Å². The number of hydrogen-bond donors (Lipinski definition) is 0. The molecule has 1 aliphatic rings. The minimum atomic E-state index is -5.34. The Labute approximate surface area is 158 Å². The van der Waals surface area contributed by atoms with Crippen LogP contribution in [0.2, 0.25) is 0 Å². The summed E-state index contributed by atoms with van der Waals surface area (Å²) >= 11 is 0. The van der Waals surface area contributed by atoms with Crippen molar-refractivity contribution in [1.29, 1.82) is 0 Å². The lowest BCUT2D eigenvalue weighted by Crippen LogP contribution is -2.60. The summed E-state index contributed by atoms with van der Waals surface area (Å²) in [7, 11) is 0. The molecule has 1 aromatic carbocycles. The van der Waals surface area contributed by atoms with Crippen LogP contribution in [0.1, 0.15) is 11.3 Å². The number of para-hydroxylation sites is 1. The molecule has 0 spiro atoms. The molecule has 3 rings (SSSR count). The van der Waals surface area contributed by atoms with Crippen molar-refractivity contribution in [1.82, 2.24) is 19.6 Å². The zero-order chi connectivity index (χ0) is 20.5. The van der Waals surface area contributed by atoms with E-state index in [0.717, 1.165) is 16.9 Å². The number of nitrogens with zero attached hydrogens (tertiary/aromatic N) is 4. The van der Waals surface area contributed by atoms with Gasteiger partial charge in [0.2, 0.25) is 6.04 Å². The van der Waals surface area contributed by atoms with Crippen molar-refractivity contribution in [3.8, 4) is 5.69 Å². The predicted molar refractivity (Wildman–Crippen MR) is 91.0 cm³/mol. The molecule has 28 heavy (non-hydrogen) atoms. The van der Waals surface area contributed by atoms with Crippen molar-refractivity contribution in [3.05, 3.63) is 47.8 Å². The molecule has 0 amide bonds. The van der Waals surface area contributed by atoms with E-state index in [1.165, 1.54) is 0 Å². The van der Waals surface area contributed by atoms with Crippen LogP contribution < -0.4 is 0 Å². The molecule has 0 N–H and O–H groups in total. The number of rotatable bonds is 4. The molecule has 0 saturated carbocycles. The van der Waals surface area contributed by atoms with Crippen molar-refractivity contribution in [2.24, 2.45) is 0 Å². The Kier molecular flexibility index (Phi) is 5.72. The first-order valence-corrected chi connectivity index (χ1v) is 8.76. The normalized spacial score (nSPS) is 17.4. The Balaban J connectivity index is 1.64. The summed E-state index contributed by atoms with van der Waals surface area (Å²) < 4.78 is 79.0. The fraction of sp³-hybridized carbons (Fsp3) is 0.500. The standard InChI is InChI=1S/C18H20F6N4/c1-13-14(12-28(25-13)15-5-3-2-4-6-15)11-26-7-9-27(10-8-26)16(17(19,20)21)18(22,23)24/h2-6,12,16H,7-11H2,1H3. The molecule has 0 aliphatic carbocycles.